The average molecular weight is 267 g/mol. The lowest BCUT2D eigenvalue weighted by Crippen LogP contribution is -2.33. The molecule has 0 aromatic heterocycles. The highest BCUT2D eigenvalue weighted by Gasteiger charge is 2.51. The van der Waals surface area contributed by atoms with Crippen molar-refractivity contribution in [3.8, 4) is 0 Å². The number of likely N-dealkylation sites (tertiary alicyclic amines) is 1. The third kappa shape index (κ3) is 2.65. The van der Waals surface area contributed by atoms with Gasteiger partial charge in [-0.15, -0.1) is 0 Å². The van der Waals surface area contributed by atoms with Gasteiger partial charge in [-0.05, 0) is 31.6 Å². The van der Waals surface area contributed by atoms with Crippen LogP contribution in [0.1, 0.15) is 39.5 Å². The van der Waals surface area contributed by atoms with Crippen LogP contribution < -0.4 is 0 Å². The second kappa shape index (κ2) is 5.31. The predicted molar refractivity (Wildman–Crippen MR) is 68.1 cm³/mol. The fourth-order valence-corrected chi connectivity index (χ4v) is 3.25. The number of carboxylic acid groups (broad SMARTS) is 1. The zero-order valence-electron chi connectivity index (χ0n) is 11.5. The number of nitrogens with zero attached hydrogens (tertiary/aromatic N) is 1. The van der Waals surface area contributed by atoms with E-state index in [4.69, 9.17) is 5.11 Å². The van der Waals surface area contributed by atoms with Gasteiger partial charge in [0, 0.05) is 6.54 Å². The molecule has 3 unspecified atom stereocenters. The van der Waals surface area contributed by atoms with Gasteiger partial charge in [-0.3, -0.25) is 19.3 Å². The Morgan fingerprint density at radius 3 is 2.32 bits per heavy atom. The molecule has 2 amide bonds. The van der Waals surface area contributed by atoms with Crippen molar-refractivity contribution in [1.29, 1.82) is 0 Å². The van der Waals surface area contributed by atoms with Gasteiger partial charge in [0.15, 0.2) is 0 Å². The van der Waals surface area contributed by atoms with Crippen molar-refractivity contribution in [1.82, 2.24) is 4.90 Å². The third-order valence-corrected chi connectivity index (χ3v) is 4.41. The Kier molecular flexibility index (Phi) is 3.92. The first-order valence-corrected chi connectivity index (χ1v) is 6.99. The van der Waals surface area contributed by atoms with Crippen LogP contribution in [0.3, 0.4) is 0 Å². The van der Waals surface area contributed by atoms with E-state index in [1.165, 1.54) is 4.90 Å². The largest absolute Gasteiger partial charge is 0.481 e. The quantitative estimate of drug-likeness (QED) is 0.766. The molecule has 5 nitrogen and oxygen atoms in total. The molecule has 0 spiro atoms. The number of hydrogen-bond donors (Lipinski definition) is 1. The molecular weight excluding hydrogens is 246 g/mol. The molecule has 5 heteroatoms. The smallest absolute Gasteiger partial charge is 0.306 e. The van der Waals surface area contributed by atoms with Gasteiger partial charge >= 0.3 is 5.97 Å². The van der Waals surface area contributed by atoms with Crippen molar-refractivity contribution in [3.05, 3.63) is 0 Å². The van der Waals surface area contributed by atoms with Crippen molar-refractivity contribution in [2.75, 3.05) is 6.54 Å². The normalized spacial score (nSPS) is 31.7. The highest BCUT2D eigenvalue weighted by Crippen LogP contribution is 2.42. The molecule has 1 aliphatic carbocycles. The maximum absolute atomic E-state index is 12.1. The summed E-state index contributed by atoms with van der Waals surface area (Å²) >= 11 is 0. The fraction of sp³-hybridized carbons (Fsp3) is 0.786. The summed E-state index contributed by atoms with van der Waals surface area (Å²) in [5.41, 5.74) is 0. The molecular formula is C14H21NO4. The van der Waals surface area contributed by atoms with Gasteiger partial charge < -0.3 is 5.11 Å². The molecule has 1 saturated heterocycles. The second-order valence-corrected chi connectivity index (χ2v) is 6.00. The molecule has 2 fully saturated rings. The van der Waals surface area contributed by atoms with Crippen LogP contribution in [0.4, 0.5) is 0 Å². The minimum absolute atomic E-state index is 0.0395. The Hall–Kier alpha value is -1.39. The molecule has 2 rings (SSSR count). The monoisotopic (exact) mass is 267 g/mol. The molecule has 0 aromatic rings. The zero-order valence-corrected chi connectivity index (χ0v) is 11.5. The van der Waals surface area contributed by atoms with Crippen LogP contribution in [0.15, 0.2) is 0 Å². The van der Waals surface area contributed by atoms with Gasteiger partial charge in [-0.2, -0.15) is 0 Å². The van der Waals surface area contributed by atoms with Crippen molar-refractivity contribution in [2.24, 2.45) is 23.7 Å². The highest BCUT2D eigenvalue weighted by molar-refractivity contribution is 6.05. The Morgan fingerprint density at radius 2 is 1.84 bits per heavy atom. The fourth-order valence-electron chi connectivity index (χ4n) is 3.25. The Bertz CT molecular complexity index is 382. The van der Waals surface area contributed by atoms with E-state index in [1.54, 1.807) is 6.92 Å². The minimum atomic E-state index is -0.829. The van der Waals surface area contributed by atoms with Crippen LogP contribution >= 0.6 is 0 Å². The van der Waals surface area contributed by atoms with Gasteiger partial charge in [-0.25, -0.2) is 0 Å². The van der Waals surface area contributed by atoms with Crippen LogP contribution in [0.2, 0.25) is 0 Å². The van der Waals surface area contributed by atoms with Gasteiger partial charge in [0.25, 0.3) is 0 Å². The van der Waals surface area contributed by atoms with Crippen LogP contribution in [-0.4, -0.2) is 34.3 Å². The second-order valence-electron chi connectivity index (χ2n) is 6.00. The van der Waals surface area contributed by atoms with Crippen molar-refractivity contribution in [2.45, 2.75) is 39.5 Å². The molecule has 0 aromatic carbocycles. The summed E-state index contributed by atoms with van der Waals surface area (Å²) in [4.78, 5) is 36.3. The maximum Gasteiger partial charge on any atom is 0.306 e. The number of carbonyl (C=O) groups is 3. The number of carboxylic acids is 1. The van der Waals surface area contributed by atoms with Gasteiger partial charge in [0.2, 0.25) is 11.8 Å². The van der Waals surface area contributed by atoms with Crippen LogP contribution in [-0.2, 0) is 14.4 Å². The molecule has 1 heterocycles. The van der Waals surface area contributed by atoms with Crippen molar-refractivity contribution >= 4 is 17.8 Å². The molecule has 3 atom stereocenters. The number of amides is 2. The van der Waals surface area contributed by atoms with E-state index >= 15 is 0 Å². The van der Waals surface area contributed by atoms with Gasteiger partial charge in [0.05, 0.1) is 17.8 Å². The summed E-state index contributed by atoms with van der Waals surface area (Å²) in [6, 6.07) is 0. The highest BCUT2D eigenvalue weighted by atomic mass is 16.4. The SMILES string of the molecule is CC1CC2C(=O)N(CCCC(C)C(=O)O)C(=O)C2C1. The minimum Gasteiger partial charge on any atom is -0.481 e. The van der Waals surface area contributed by atoms with Crippen LogP contribution in [0.25, 0.3) is 0 Å². The molecule has 0 bridgehead atoms. The molecule has 19 heavy (non-hydrogen) atoms. The molecule has 0 radical (unpaired) electrons. The van der Waals surface area contributed by atoms with E-state index in [0.29, 0.717) is 25.3 Å². The summed E-state index contributed by atoms with van der Waals surface area (Å²) in [7, 11) is 0. The standard InChI is InChI=1S/C14H21NO4/c1-8-6-10-11(7-8)13(17)15(12(10)16)5-3-4-9(2)14(18)19/h8-11H,3-7H2,1-2H3,(H,18,19). The van der Waals surface area contributed by atoms with Crippen molar-refractivity contribution in [3.63, 3.8) is 0 Å². The predicted octanol–water partition coefficient (Wildman–Crippen LogP) is 1.52. The maximum atomic E-state index is 12.1. The summed E-state index contributed by atoms with van der Waals surface area (Å²) in [6.07, 6.45) is 2.70. The topological polar surface area (TPSA) is 74.7 Å². The number of carbonyl (C=O) groups excluding carboxylic acids is 2. The molecule has 1 N–H and O–H groups in total. The summed E-state index contributed by atoms with van der Waals surface area (Å²) < 4.78 is 0. The first kappa shape index (κ1) is 14.0. The Morgan fingerprint density at radius 1 is 1.32 bits per heavy atom. The summed E-state index contributed by atoms with van der Waals surface area (Å²) in [6.45, 7) is 4.10. The lowest BCUT2D eigenvalue weighted by Gasteiger charge is -2.17. The molecule has 2 aliphatic rings. The van der Waals surface area contributed by atoms with Gasteiger partial charge in [0.1, 0.15) is 0 Å². The van der Waals surface area contributed by atoms with E-state index in [1.807, 2.05) is 0 Å². The third-order valence-electron chi connectivity index (χ3n) is 4.41. The van der Waals surface area contributed by atoms with E-state index < -0.39 is 11.9 Å². The summed E-state index contributed by atoms with van der Waals surface area (Å²) in [5.74, 6) is -1.10. The molecule has 106 valence electrons. The molecule has 1 saturated carbocycles. The number of rotatable bonds is 5. The average Bonchev–Trinajstić information content (AvgIpc) is 2.82. The zero-order chi connectivity index (χ0) is 14.2. The lowest BCUT2D eigenvalue weighted by atomic mass is 10.00. The number of aliphatic carboxylic acids is 1. The number of fused-ring (bicyclic) bond motifs is 1. The van der Waals surface area contributed by atoms with Crippen molar-refractivity contribution < 1.29 is 19.5 Å². The summed E-state index contributed by atoms with van der Waals surface area (Å²) in [5, 5.41) is 8.79. The van der Waals surface area contributed by atoms with E-state index in [9.17, 15) is 14.4 Å². The van der Waals surface area contributed by atoms with E-state index in [0.717, 1.165) is 12.8 Å². The van der Waals surface area contributed by atoms with E-state index in [2.05, 4.69) is 6.92 Å². The first-order chi connectivity index (χ1) is 8.91. The number of hydrogen-bond acceptors (Lipinski definition) is 3. The first-order valence-electron chi connectivity index (χ1n) is 6.99. The van der Waals surface area contributed by atoms with Crippen LogP contribution in [0, 0.1) is 23.7 Å². The van der Waals surface area contributed by atoms with E-state index in [-0.39, 0.29) is 23.7 Å². The Balaban J connectivity index is 1.87. The number of imide groups is 1. The molecule has 1 aliphatic heterocycles. The Labute approximate surface area is 113 Å². The lowest BCUT2D eigenvalue weighted by molar-refractivity contribution is -0.141. The van der Waals surface area contributed by atoms with Gasteiger partial charge in [-0.1, -0.05) is 13.8 Å². The van der Waals surface area contributed by atoms with Crippen LogP contribution in [0.5, 0.6) is 0 Å².